The van der Waals surface area contributed by atoms with Gasteiger partial charge in [-0.1, -0.05) is 11.8 Å². The van der Waals surface area contributed by atoms with Crippen LogP contribution in [0.5, 0.6) is 0 Å². The van der Waals surface area contributed by atoms with Crippen LogP contribution in [0.25, 0.3) is 10.9 Å². The van der Waals surface area contributed by atoms with Gasteiger partial charge in [-0.3, -0.25) is 4.79 Å². The largest absolute Gasteiger partial charge is 0.477 e. The second-order valence-electron chi connectivity index (χ2n) is 5.57. The lowest BCUT2D eigenvalue weighted by Crippen LogP contribution is -2.44. The molecule has 4 rings (SSSR count). The van der Waals surface area contributed by atoms with Crippen LogP contribution in [0.1, 0.15) is 10.4 Å². The molecule has 2 aliphatic heterocycles. The molecule has 3 heterocycles. The van der Waals surface area contributed by atoms with Gasteiger partial charge in [-0.15, -0.1) is 12.4 Å². The Kier molecular flexibility index (Phi) is 5.62. The lowest BCUT2D eigenvalue weighted by Gasteiger charge is -2.31. The van der Waals surface area contributed by atoms with Gasteiger partial charge in [-0.25, -0.2) is 9.18 Å². The summed E-state index contributed by atoms with van der Waals surface area (Å²) in [6, 6.07) is 2.85. The van der Waals surface area contributed by atoms with Crippen LogP contribution in [-0.2, 0) is 5.88 Å². The Balaban J connectivity index is 0.00000113. The molecule has 0 amide bonds. The maximum atomic E-state index is 14.5. The Hall–Kier alpha value is -1.81. The highest BCUT2D eigenvalue weighted by Gasteiger charge is 2.29. The molecule has 0 saturated carbocycles. The number of pyridine rings is 1. The zero-order valence-corrected chi connectivity index (χ0v) is 14.7. The van der Waals surface area contributed by atoms with Gasteiger partial charge in [0.25, 0.3) is 0 Å². The van der Waals surface area contributed by atoms with Crippen molar-refractivity contribution in [1.29, 1.82) is 0 Å². The molecule has 0 aliphatic carbocycles. The van der Waals surface area contributed by atoms with Crippen molar-refractivity contribution in [2.24, 2.45) is 0 Å². The van der Waals surface area contributed by atoms with Gasteiger partial charge in [0.15, 0.2) is 0 Å². The summed E-state index contributed by atoms with van der Waals surface area (Å²) in [6.07, 6.45) is 0. The highest BCUT2D eigenvalue weighted by molar-refractivity contribution is 7.99. The Morgan fingerprint density at radius 2 is 1.96 bits per heavy atom. The predicted molar refractivity (Wildman–Crippen MR) is 96.9 cm³/mol. The number of carboxylic acids is 1. The fourth-order valence-corrected chi connectivity index (χ4v) is 4.05. The van der Waals surface area contributed by atoms with Crippen LogP contribution in [0, 0.1) is 5.82 Å². The molecular formula is C15H17ClFN3O4S. The SMILES string of the molecule is Cl.O.O=C(O)c1c2n(c3cc(N4CCNCC4)c(F)cc3c1=O)CS2. The molecule has 0 bridgehead atoms. The maximum absolute atomic E-state index is 14.5. The van der Waals surface area contributed by atoms with Gasteiger partial charge in [0.1, 0.15) is 11.4 Å². The number of carbonyl (C=O) groups is 1. The number of carboxylic acid groups (broad SMARTS) is 1. The van der Waals surface area contributed by atoms with Crippen molar-refractivity contribution in [2.45, 2.75) is 10.9 Å². The van der Waals surface area contributed by atoms with Gasteiger partial charge in [-0.05, 0) is 12.1 Å². The molecule has 2 aromatic rings. The summed E-state index contributed by atoms with van der Waals surface area (Å²) in [4.78, 5) is 25.7. The molecule has 1 aromatic carbocycles. The third kappa shape index (κ3) is 2.97. The highest BCUT2D eigenvalue weighted by atomic mass is 35.5. The molecule has 4 N–H and O–H groups in total. The quantitative estimate of drug-likeness (QED) is 0.790. The summed E-state index contributed by atoms with van der Waals surface area (Å²) in [6.45, 7) is 2.95. The van der Waals surface area contributed by atoms with Crippen LogP contribution in [0.4, 0.5) is 10.1 Å². The van der Waals surface area contributed by atoms with E-state index in [1.807, 2.05) is 4.90 Å². The monoisotopic (exact) mass is 389 g/mol. The average Bonchev–Trinajstić information content (AvgIpc) is 2.51. The summed E-state index contributed by atoms with van der Waals surface area (Å²) >= 11 is 1.33. The number of hydrogen-bond acceptors (Lipinski definition) is 5. The van der Waals surface area contributed by atoms with E-state index < -0.39 is 17.2 Å². The number of halogens is 2. The molecule has 1 aromatic heterocycles. The molecule has 0 spiro atoms. The number of rotatable bonds is 2. The number of aromatic nitrogens is 1. The van der Waals surface area contributed by atoms with Crippen LogP contribution >= 0.6 is 24.2 Å². The number of anilines is 1. The molecule has 7 nitrogen and oxygen atoms in total. The van der Waals surface area contributed by atoms with Crippen LogP contribution in [0.3, 0.4) is 0 Å². The molecular weight excluding hydrogens is 373 g/mol. The van der Waals surface area contributed by atoms with Gasteiger partial charge in [0.2, 0.25) is 5.43 Å². The van der Waals surface area contributed by atoms with E-state index in [4.69, 9.17) is 0 Å². The zero-order chi connectivity index (χ0) is 16.1. The molecule has 25 heavy (non-hydrogen) atoms. The third-order valence-electron chi connectivity index (χ3n) is 4.29. The standard InChI is InChI=1S/C15H14FN3O3S.ClH.H2O/c16-9-5-8-10(6-11(9)18-3-1-17-2-4-18)19-7-23-14(19)12(13(8)20)15(21)22;;/h5-6,17H,1-4,7H2,(H,21,22);1H;1H2. The number of benzene rings is 1. The molecule has 10 heteroatoms. The summed E-state index contributed by atoms with van der Waals surface area (Å²) < 4.78 is 16.3. The molecule has 2 aliphatic rings. The number of nitrogens with zero attached hydrogens (tertiary/aromatic N) is 2. The van der Waals surface area contributed by atoms with Gasteiger partial charge in [0.05, 0.1) is 22.1 Å². The summed E-state index contributed by atoms with van der Waals surface area (Å²) in [5.41, 5.74) is 0.191. The average molecular weight is 390 g/mol. The van der Waals surface area contributed by atoms with E-state index in [0.717, 1.165) is 13.1 Å². The van der Waals surface area contributed by atoms with Gasteiger partial charge < -0.3 is 25.4 Å². The molecule has 0 atom stereocenters. The van der Waals surface area contributed by atoms with Crippen LogP contribution in [0.2, 0.25) is 0 Å². The Morgan fingerprint density at radius 1 is 1.28 bits per heavy atom. The molecule has 136 valence electrons. The van der Waals surface area contributed by atoms with Gasteiger partial charge in [0, 0.05) is 31.6 Å². The van der Waals surface area contributed by atoms with Crippen LogP contribution in [0.15, 0.2) is 22.0 Å². The minimum Gasteiger partial charge on any atom is -0.477 e. The fraction of sp³-hybridized carbons (Fsp3) is 0.333. The number of fused-ring (bicyclic) bond motifs is 3. The lowest BCUT2D eigenvalue weighted by molar-refractivity contribution is 0.0689. The first-order valence-electron chi connectivity index (χ1n) is 7.29. The summed E-state index contributed by atoms with van der Waals surface area (Å²) in [7, 11) is 0. The van der Waals surface area contributed by atoms with E-state index in [0.29, 0.717) is 35.2 Å². The maximum Gasteiger partial charge on any atom is 0.342 e. The van der Waals surface area contributed by atoms with Crippen LogP contribution in [-0.4, -0.2) is 47.3 Å². The number of piperazine rings is 1. The van der Waals surface area contributed by atoms with Crippen molar-refractivity contribution < 1.29 is 19.8 Å². The number of nitrogens with one attached hydrogen (secondary N) is 1. The highest BCUT2D eigenvalue weighted by Crippen LogP contribution is 2.37. The smallest absolute Gasteiger partial charge is 0.342 e. The minimum absolute atomic E-state index is 0. The second kappa shape index (κ2) is 7.20. The predicted octanol–water partition coefficient (Wildman–Crippen LogP) is 0.909. The van der Waals surface area contributed by atoms with E-state index in [9.17, 15) is 19.1 Å². The van der Waals surface area contributed by atoms with Gasteiger partial charge in [-0.2, -0.15) is 0 Å². The first-order chi connectivity index (χ1) is 11.1. The van der Waals surface area contributed by atoms with Crippen molar-refractivity contribution >= 4 is 46.7 Å². The number of aromatic carboxylic acids is 1. The van der Waals surface area contributed by atoms with E-state index in [2.05, 4.69) is 5.32 Å². The van der Waals surface area contributed by atoms with E-state index in [-0.39, 0.29) is 28.8 Å². The van der Waals surface area contributed by atoms with E-state index in [1.54, 1.807) is 10.6 Å². The second-order valence-corrected chi connectivity index (χ2v) is 6.51. The van der Waals surface area contributed by atoms with E-state index >= 15 is 0 Å². The topological polar surface area (TPSA) is 106 Å². The Bertz CT molecular complexity index is 899. The van der Waals surface area contributed by atoms with Gasteiger partial charge >= 0.3 is 5.97 Å². The number of hydrogen-bond donors (Lipinski definition) is 2. The molecule has 0 unspecified atom stereocenters. The molecule has 1 fully saturated rings. The van der Waals surface area contributed by atoms with Crippen molar-refractivity contribution in [2.75, 3.05) is 31.1 Å². The third-order valence-corrected chi connectivity index (χ3v) is 5.37. The fourth-order valence-electron chi connectivity index (χ4n) is 3.10. The summed E-state index contributed by atoms with van der Waals surface area (Å²) in [5, 5.41) is 13.0. The van der Waals surface area contributed by atoms with Crippen molar-refractivity contribution in [3.63, 3.8) is 0 Å². The lowest BCUT2D eigenvalue weighted by atomic mass is 10.1. The Morgan fingerprint density at radius 3 is 2.52 bits per heavy atom. The zero-order valence-electron chi connectivity index (χ0n) is 13.0. The molecule has 1 saturated heterocycles. The first kappa shape index (κ1) is 19.5. The van der Waals surface area contributed by atoms with Crippen LogP contribution < -0.4 is 15.6 Å². The Labute approximate surface area is 152 Å². The minimum atomic E-state index is -1.26. The molecule has 0 radical (unpaired) electrons. The first-order valence-corrected chi connectivity index (χ1v) is 8.28. The van der Waals surface area contributed by atoms with Crippen molar-refractivity contribution in [3.8, 4) is 0 Å². The summed E-state index contributed by atoms with van der Waals surface area (Å²) in [5.74, 6) is -1.18. The normalized spacial score (nSPS) is 15.6. The van der Waals surface area contributed by atoms with E-state index in [1.165, 1.54) is 17.8 Å². The van der Waals surface area contributed by atoms with Crippen molar-refractivity contribution in [3.05, 3.63) is 33.7 Å². The van der Waals surface area contributed by atoms with Crippen molar-refractivity contribution in [1.82, 2.24) is 9.88 Å². The number of thioether (sulfide) groups is 1.